The van der Waals surface area contributed by atoms with Gasteiger partial charge in [-0.1, -0.05) is 18.2 Å². The van der Waals surface area contributed by atoms with Gasteiger partial charge in [0.1, 0.15) is 23.5 Å². The molecule has 112 valence electrons. The van der Waals surface area contributed by atoms with Crippen molar-refractivity contribution in [3.05, 3.63) is 41.5 Å². The van der Waals surface area contributed by atoms with Gasteiger partial charge in [-0.25, -0.2) is 4.98 Å². The molecule has 0 saturated carbocycles. The van der Waals surface area contributed by atoms with Crippen molar-refractivity contribution >= 4 is 0 Å². The van der Waals surface area contributed by atoms with E-state index in [-0.39, 0.29) is 5.60 Å². The van der Waals surface area contributed by atoms with Crippen molar-refractivity contribution in [3.8, 4) is 5.75 Å². The van der Waals surface area contributed by atoms with Crippen LogP contribution in [0.15, 0.2) is 24.5 Å². The van der Waals surface area contributed by atoms with E-state index in [4.69, 9.17) is 4.74 Å². The number of fused-ring (bicyclic) bond motifs is 1. The Kier molecular flexibility index (Phi) is 3.92. The highest BCUT2D eigenvalue weighted by Gasteiger charge is 2.31. The number of rotatable bonds is 6. The van der Waals surface area contributed by atoms with Gasteiger partial charge in [-0.15, -0.1) is 0 Å². The van der Waals surface area contributed by atoms with Gasteiger partial charge in [0.25, 0.3) is 0 Å². The van der Waals surface area contributed by atoms with Gasteiger partial charge < -0.3 is 10.1 Å². The number of para-hydroxylation sites is 1. The molecule has 0 bridgehead atoms. The second-order valence-electron chi connectivity index (χ2n) is 6.16. The fraction of sp³-hybridized carbons (Fsp3) is 0.500. The topological polar surface area (TPSA) is 62.8 Å². The summed E-state index contributed by atoms with van der Waals surface area (Å²) in [6.07, 6.45) is 4.50. The van der Waals surface area contributed by atoms with E-state index in [1.54, 1.807) is 6.33 Å². The van der Waals surface area contributed by atoms with E-state index in [1.165, 1.54) is 11.1 Å². The Morgan fingerprint density at radius 1 is 1.38 bits per heavy atom. The molecule has 0 unspecified atom stereocenters. The van der Waals surface area contributed by atoms with E-state index in [2.05, 4.69) is 52.5 Å². The highest BCUT2D eigenvalue weighted by atomic mass is 16.5. The first-order chi connectivity index (χ1) is 10.1. The van der Waals surface area contributed by atoms with Gasteiger partial charge in [0.2, 0.25) is 0 Å². The van der Waals surface area contributed by atoms with Crippen molar-refractivity contribution in [2.45, 2.75) is 45.3 Å². The molecule has 1 aromatic heterocycles. The molecule has 2 N–H and O–H groups in total. The van der Waals surface area contributed by atoms with Crippen molar-refractivity contribution in [2.24, 2.45) is 0 Å². The van der Waals surface area contributed by atoms with Crippen molar-refractivity contribution in [1.29, 1.82) is 0 Å². The third-order valence-corrected chi connectivity index (χ3v) is 3.72. The van der Waals surface area contributed by atoms with Crippen LogP contribution in [0.3, 0.4) is 0 Å². The molecule has 0 spiro atoms. The van der Waals surface area contributed by atoms with E-state index in [1.807, 2.05) is 0 Å². The van der Waals surface area contributed by atoms with Crippen LogP contribution in [0.25, 0.3) is 0 Å². The Morgan fingerprint density at radius 3 is 3.10 bits per heavy atom. The first-order valence-electron chi connectivity index (χ1n) is 7.49. The lowest BCUT2D eigenvalue weighted by molar-refractivity contribution is 0.137. The van der Waals surface area contributed by atoms with E-state index in [0.29, 0.717) is 0 Å². The molecule has 5 heteroatoms. The van der Waals surface area contributed by atoms with E-state index in [9.17, 15) is 0 Å². The number of aromatic nitrogens is 3. The highest BCUT2D eigenvalue weighted by Crippen LogP contribution is 2.37. The van der Waals surface area contributed by atoms with Crippen molar-refractivity contribution < 1.29 is 4.74 Å². The number of ether oxygens (including phenoxy) is 1. The maximum absolute atomic E-state index is 6.08. The standard InChI is InChI=1S/C16H22N4O/c1-16(2)9-12-5-3-6-13(15(12)21-16)10-17-8-4-7-14-18-11-19-20-14/h3,5-6,11,17H,4,7-10H2,1-2H3,(H,18,19,20). The lowest BCUT2D eigenvalue weighted by atomic mass is 10.0. The molecule has 0 atom stereocenters. The van der Waals surface area contributed by atoms with Gasteiger partial charge in [-0.3, -0.25) is 5.10 Å². The minimum atomic E-state index is -0.0786. The first kappa shape index (κ1) is 14.1. The summed E-state index contributed by atoms with van der Waals surface area (Å²) >= 11 is 0. The molecule has 21 heavy (non-hydrogen) atoms. The molecule has 0 amide bonds. The molecule has 5 nitrogen and oxygen atoms in total. The zero-order chi connectivity index (χ0) is 14.7. The lowest BCUT2D eigenvalue weighted by Crippen LogP contribution is -2.25. The van der Waals surface area contributed by atoms with E-state index >= 15 is 0 Å². The van der Waals surface area contributed by atoms with E-state index < -0.39 is 0 Å². The summed E-state index contributed by atoms with van der Waals surface area (Å²) in [6.45, 7) is 6.08. The molecule has 0 radical (unpaired) electrons. The fourth-order valence-electron chi connectivity index (χ4n) is 2.77. The van der Waals surface area contributed by atoms with Crippen LogP contribution in [0.5, 0.6) is 5.75 Å². The summed E-state index contributed by atoms with van der Waals surface area (Å²) in [6, 6.07) is 6.43. The molecule has 0 saturated heterocycles. The summed E-state index contributed by atoms with van der Waals surface area (Å²) in [5.41, 5.74) is 2.49. The largest absolute Gasteiger partial charge is 0.487 e. The van der Waals surface area contributed by atoms with Gasteiger partial charge >= 0.3 is 0 Å². The van der Waals surface area contributed by atoms with Gasteiger partial charge in [0.05, 0.1) is 0 Å². The van der Waals surface area contributed by atoms with Crippen LogP contribution >= 0.6 is 0 Å². The van der Waals surface area contributed by atoms with Crippen LogP contribution in [-0.2, 0) is 19.4 Å². The summed E-state index contributed by atoms with van der Waals surface area (Å²) < 4.78 is 6.08. The third kappa shape index (κ3) is 3.42. The van der Waals surface area contributed by atoms with Crippen molar-refractivity contribution in [3.63, 3.8) is 0 Å². The maximum atomic E-state index is 6.08. The number of nitrogens with zero attached hydrogens (tertiary/aromatic N) is 2. The van der Waals surface area contributed by atoms with Crippen molar-refractivity contribution in [2.75, 3.05) is 6.54 Å². The minimum Gasteiger partial charge on any atom is -0.487 e. The second-order valence-corrected chi connectivity index (χ2v) is 6.16. The zero-order valence-corrected chi connectivity index (χ0v) is 12.6. The average molecular weight is 286 g/mol. The number of nitrogens with one attached hydrogen (secondary N) is 2. The number of benzene rings is 1. The number of aryl methyl sites for hydroxylation is 1. The van der Waals surface area contributed by atoms with Crippen LogP contribution in [0, 0.1) is 0 Å². The number of H-pyrrole nitrogens is 1. The van der Waals surface area contributed by atoms with Gasteiger partial charge in [-0.05, 0) is 32.4 Å². The van der Waals surface area contributed by atoms with Crippen LogP contribution in [0.2, 0.25) is 0 Å². The molecule has 2 aromatic rings. The molecule has 0 aliphatic carbocycles. The second kappa shape index (κ2) is 5.85. The summed E-state index contributed by atoms with van der Waals surface area (Å²) in [5.74, 6) is 2.02. The summed E-state index contributed by atoms with van der Waals surface area (Å²) in [4.78, 5) is 4.12. The number of hydrogen-bond acceptors (Lipinski definition) is 4. The Balaban J connectivity index is 1.49. The molecular weight excluding hydrogens is 264 g/mol. The predicted octanol–water partition coefficient (Wildman–Crippen LogP) is 2.24. The molecule has 1 aliphatic rings. The number of hydrogen-bond donors (Lipinski definition) is 2. The van der Waals surface area contributed by atoms with Crippen LogP contribution < -0.4 is 10.1 Å². The van der Waals surface area contributed by atoms with Crippen molar-refractivity contribution in [1.82, 2.24) is 20.5 Å². The van der Waals surface area contributed by atoms with Crippen LogP contribution in [-0.4, -0.2) is 27.3 Å². The van der Waals surface area contributed by atoms with Gasteiger partial charge in [0, 0.05) is 24.9 Å². The van der Waals surface area contributed by atoms with Gasteiger partial charge in [0.15, 0.2) is 0 Å². The Bertz CT molecular complexity index is 592. The number of aromatic amines is 1. The first-order valence-corrected chi connectivity index (χ1v) is 7.49. The Labute approximate surface area is 125 Å². The molecular formula is C16H22N4O. The molecule has 1 aliphatic heterocycles. The smallest absolute Gasteiger partial charge is 0.137 e. The molecule has 1 aromatic carbocycles. The molecule has 0 fully saturated rings. The normalized spacial score (nSPS) is 15.7. The zero-order valence-electron chi connectivity index (χ0n) is 12.6. The van der Waals surface area contributed by atoms with Crippen LogP contribution in [0.1, 0.15) is 37.2 Å². The van der Waals surface area contributed by atoms with Gasteiger partial charge in [-0.2, -0.15) is 5.10 Å². The molecule has 2 heterocycles. The molecule has 3 rings (SSSR count). The SMILES string of the molecule is CC1(C)Cc2cccc(CNCCCc3ncn[nH]3)c2O1. The predicted molar refractivity (Wildman–Crippen MR) is 81.3 cm³/mol. The lowest BCUT2D eigenvalue weighted by Gasteiger charge is -2.18. The quantitative estimate of drug-likeness (QED) is 0.799. The monoisotopic (exact) mass is 286 g/mol. The minimum absolute atomic E-state index is 0.0786. The summed E-state index contributed by atoms with van der Waals surface area (Å²) in [5, 5.41) is 10.2. The van der Waals surface area contributed by atoms with E-state index in [0.717, 1.165) is 43.9 Å². The third-order valence-electron chi connectivity index (χ3n) is 3.72. The Hall–Kier alpha value is -1.88. The fourth-order valence-corrected chi connectivity index (χ4v) is 2.77. The maximum Gasteiger partial charge on any atom is 0.137 e. The average Bonchev–Trinajstić information content (AvgIpc) is 3.04. The Morgan fingerprint density at radius 2 is 2.29 bits per heavy atom. The summed E-state index contributed by atoms with van der Waals surface area (Å²) in [7, 11) is 0. The van der Waals surface area contributed by atoms with Crippen LogP contribution in [0.4, 0.5) is 0 Å². The highest BCUT2D eigenvalue weighted by molar-refractivity contribution is 5.45.